The molecule has 1 aliphatic heterocycles. The van der Waals surface area contributed by atoms with Gasteiger partial charge in [0.15, 0.2) is 5.69 Å². The Morgan fingerprint density at radius 3 is 2.58 bits per heavy atom. The zero-order valence-electron chi connectivity index (χ0n) is 17.5. The Kier molecular flexibility index (Phi) is 5.22. The number of nitrogens with one attached hydrogen (secondary N) is 1. The lowest BCUT2D eigenvalue weighted by Gasteiger charge is -2.60. The van der Waals surface area contributed by atoms with Crippen LogP contribution in [-0.2, 0) is 14.3 Å². The number of quaternary nitrogens is 1. The van der Waals surface area contributed by atoms with Crippen molar-refractivity contribution >= 4 is 17.6 Å². The summed E-state index contributed by atoms with van der Waals surface area (Å²) in [5.41, 5.74) is -2.71. The minimum atomic E-state index is -1.52. The van der Waals surface area contributed by atoms with Crippen molar-refractivity contribution in [1.29, 1.82) is 0 Å². The number of hydrogen-bond donors (Lipinski definition) is 4. The molecule has 1 saturated heterocycles. The van der Waals surface area contributed by atoms with Crippen LogP contribution in [0.1, 0.15) is 43.5 Å². The quantitative estimate of drug-likeness (QED) is 0.401. The molecule has 168 valence electrons. The molecule has 0 spiro atoms. The topological polar surface area (TPSA) is 141 Å². The van der Waals surface area contributed by atoms with Crippen LogP contribution in [0, 0.1) is 22.0 Å². The highest BCUT2D eigenvalue weighted by Gasteiger charge is 2.68. The Labute approximate surface area is 179 Å². The van der Waals surface area contributed by atoms with E-state index < -0.39 is 45.6 Å². The maximum Gasteiger partial charge on any atom is 0.338 e. The number of rotatable bonds is 4. The van der Waals surface area contributed by atoms with E-state index >= 15 is 0 Å². The minimum absolute atomic E-state index is 0.0443. The molecule has 9 heteroatoms. The van der Waals surface area contributed by atoms with Gasteiger partial charge in [-0.05, 0) is 36.5 Å². The number of carbonyl (C=O) groups excluding carboxylic acids is 2. The molecule has 2 unspecified atom stereocenters. The van der Waals surface area contributed by atoms with Gasteiger partial charge in [-0.3, -0.25) is 0 Å². The molecule has 1 aromatic rings. The van der Waals surface area contributed by atoms with E-state index in [0.29, 0.717) is 12.8 Å². The summed E-state index contributed by atoms with van der Waals surface area (Å²) in [6.45, 7) is 3.44. The normalized spacial score (nSPS) is 37.9. The molecule has 1 saturated carbocycles. The van der Waals surface area contributed by atoms with E-state index in [0.717, 1.165) is 6.42 Å². The molecule has 31 heavy (non-hydrogen) atoms. The number of ether oxygens (including phenoxy) is 2. The van der Waals surface area contributed by atoms with Gasteiger partial charge in [0.25, 0.3) is 0 Å². The first-order chi connectivity index (χ1) is 14.6. The molecule has 3 aliphatic rings. The zero-order valence-corrected chi connectivity index (χ0v) is 17.5. The smallest absolute Gasteiger partial charge is 0.338 e. The monoisotopic (exact) mass is 433 g/mol. The van der Waals surface area contributed by atoms with Gasteiger partial charge >= 0.3 is 11.9 Å². The Hall–Kier alpha value is -2.30. The predicted molar refractivity (Wildman–Crippen MR) is 106 cm³/mol. The van der Waals surface area contributed by atoms with E-state index in [1.54, 1.807) is 0 Å². The first-order valence-corrected chi connectivity index (χ1v) is 10.3. The van der Waals surface area contributed by atoms with E-state index in [4.69, 9.17) is 14.7 Å². The van der Waals surface area contributed by atoms with Crippen LogP contribution < -0.4 is 5.23 Å². The first-order valence-electron chi connectivity index (χ1n) is 10.3. The van der Waals surface area contributed by atoms with Gasteiger partial charge in [-0.25, -0.2) is 14.8 Å². The molecule has 9 nitrogen and oxygen atoms in total. The maximum atomic E-state index is 12.9. The summed E-state index contributed by atoms with van der Waals surface area (Å²) in [6.07, 6.45) is 2.60. The largest absolute Gasteiger partial charge is 0.595 e. The summed E-state index contributed by atoms with van der Waals surface area (Å²) in [5.74, 6) is -1.77. The van der Waals surface area contributed by atoms with Gasteiger partial charge in [0.2, 0.25) is 0 Å². The number of carbonyl (C=O) groups is 2. The first kappa shape index (κ1) is 21.9. The number of aliphatic hydroxyl groups is 2. The zero-order chi connectivity index (χ0) is 22.6. The highest BCUT2D eigenvalue weighted by Crippen LogP contribution is 2.63. The second-order valence-corrected chi connectivity index (χ2v) is 9.33. The van der Waals surface area contributed by atoms with Crippen LogP contribution in [-0.4, -0.2) is 52.3 Å². The fourth-order valence-corrected chi connectivity index (χ4v) is 5.82. The SMILES string of the molecule is C[C@]1(CO)CCC[C@@]2(C)C1[C@H](OC(=O)c1ccc([NH+]([O-])O)cc1)C=C1C(=O)OC[C@@]12O. The van der Waals surface area contributed by atoms with E-state index in [1.165, 1.54) is 30.3 Å². The summed E-state index contributed by atoms with van der Waals surface area (Å²) in [7, 11) is 0. The van der Waals surface area contributed by atoms with Crippen molar-refractivity contribution in [3.8, 4) is 0 Å². The van der Waals surface area contributed by atoms with Gasteiger partial charge in [-0.1, -0.05) is 20.3 Å². The van der Waals surface area contributed by atoms with E-state index in [-0.39, 0.29) is 30.0 Å². The maximum absolute atomic E-state index is 12.9. The molecule has 6 atom stereocenters. The van der Waals surface area contributed by atoms with E-state index in [1.807, 2.05) is 13.8 Å². The third kappa shape index (κ3) is 3.19. The third-order valence-corrected chi connectivity index (χ3v) is 7.54. The number of fused-ring (bicyclic) bond motifs is 3. The summed E-state index contributed by atoms with van der Waals surface area (Å²) in [6, 6.07) is 5.36. The molecule has 2 fully saturated rings. The number of aliphatic hydroxyl groups excluding tert-OH is 1. The van der Waals surface area contributed by atoms with Crippen LogP contribution in [0.15, 0.2) is 35.9 Å². The molecule has 0 aromatic heterocycles. The number of benzene rings is 1. The molecule has 0 amide bonds. The fraction of sp³-hybridized carbons (Fsp3) is 0.545. The Morgan fingerprint density at radius 1 is 1.29 bits per heavy atom. The van der Waals surface area contributed by atoms with Gasteiger partial charge in [0.1, 0.15) is 18.3 Å². The molecule has 4 rings (SSSR count). The minimum Gasteiger partial charge on any atom is -0.595 e. The van der Waals surface area contributed by atoms with Crippen LogP contribution in [0.4, 0.5) is 5.69 Å². The summed E-state index contributed by atoms with van der Waals surface area (Å²) in [4.78, 5) is 25.3. The lowest BCUT2D eigenvalue weighted by atomic mass is 9.46. The van der Waals surface area contributed by atoms with Crippen LogP contribution in [0.5, 0.6) is 0 Å². The molecule has 4 N–H and O–H groups in total. The van der Waals surface area contributed by atoms with Crippen molar-refractivity contribution in [3.05, 3.63) is 46.7 Å². The molecule has 2 aliphatic carbocycles. The third-order valence-electron chi connectivity index (χ3n) is 7.54. The van der Waals surface area contributed by atoms with Crippen molar-refractivity contribution in [3.63, 3.8) is 0 Å². The number of cyclic esters (lactones) is 1. The second kappa shape index (κ2) is 7.39. The standard InChI is InChI=1S/C22H27NO8/c1-20(11-24)8-3-9-21(2)17(20)16(10-15-19(26)30-12-22(15,21)27)31-18(25)13-4-6-14(7-5-13)23(28)29/h4-7,10,16-17,23-24,27-28H,3,8-9,11-12H2,1-2H3/t16-,17?,20-,21+,22-/m1/s1. The Bertz CT molecular complexity index is 928. The molecule has 0 bridgehead atoms. The fourth-order valence-electron chi connectivity index (χ4n) is 5.82. The summed E-state index contributed by atoms with van der Waals surface area (Å²) in [5, 5.41) is 40.7. The van der Waals surface area contributed by atoms with E-state index in [2.05, 4.69) is 0 Å². The molecular weight excluding hydrogens is 406 g/mol. The van der Waals surface area contributed by atoms with Crippen molar-refractivity contribution in [2.75, 3.05) is 13.2 Å². The summed E-state index contributed by atoms with van der Waals surface area (Å²) >= 11 is 0. The van der Waals surface area contributed by atoms with Crippen molar-refractivity contribution in [2.45, 2.75) is 44.8 Å². The Morgan fingerprint density at radius 2 is 1.97 bits per heavy atom. The molecule has 0 radical (unpaired) electrons. The molecule has 1 aromatic carbocycles. The van der Waals surface area contributed by atoms with Crippen molar-refractivity contribution in [1.82, 2.24) is 0 Å². The van der Waals surface area contributed by atoms with E-state index in [9.17, 15) is 25.0 Å². The van der Waals surface area contributed by atoms with Crippen molar-refractivity contribution < 1.29 is 39.7 Å². The van der Waals surface area contributed by atoms with Gasteiger partial charge in [0.05, 0.1) is 11.1 Å². The lowest BCUT2D eigenvalue weighted by Crippen LogP contribution is -2.99. The lowest BCUT2D eigenvalue weighted by molar-refractivity contribution is -0.991. The molecular formula is C22H27NO8. The van der Waals surface area contributed by atoms with Gasteiger partial charge in [0, 0.05) is 30.1 Å². The number of hydrogen-bond acceptors (Lipinski definition) is 8. The second-order valence-electron chi connectivity index (χ2n) is 9.33. The molecule has 1 heterocycles. The van der Waals surface area contributed by atoms with Crippen molar-refractivity contribution in [2.24, 2.45) is 16.7 Å². The average Bonchev–Trinajstić information content (AvgIpc) is 3.04. The van der Waals surface area contributed by atoms with Crippen LogP contribution >= 0.6 is 0 Å². The predicted octanol–water partition coefficient (Wildman–Crippen LogP) is 0.648. The van der Waals surface area contributed by atoms with Gasteiger partial charge in [-0.2, -0.15) is 5.23 Å². The van der Waals surface area contributed by atoms with Gasteiger partial charge in [-0.15, -0.1) is 0 Å². The Balaban J connectivity index is 1.73. The highest BCUT2D eigenvalue weighted by molar-refractivity contribution is 5.94. The number of esters is 2. The van der Waals surface area contributed by atoms with Crippen LogP contribution in [0.2, 0.25) is 0 Å². The average molecular weight is 433 g/mol. The van der Waals surface area contributed by atoms with Crippen LogP contribution in [0.3, 0.4) is 0 Å². The summed E-state index contributed by atoms with van der Waals surface area (Å²) < 4.78 is 11.0. The highest BCUT2D eigenvalue weighted by atomic mass is 16.8. The van der Waals surface area contributed by atoms with Crippen LogP contribution in [0.25, 0.3) is 0 Å². The van der Waals surface area contributed by atoms with Gasteiger partial charge < -0.3 is 24.9 Å².